The van der Waals surface area contributed by atoms with Crippen molar-refractivity contribution in [1.29, 1.82) is 0 Å². The van der Waals surface area contributed by atoms with Gasteiger partial charge in [-0.05, 0) is 24.1 Å². The first-order valence-corrected chi connectivity index (χ1v) is 9.60. The van der Waals surface area contributed by atoms with Crippen LogP contribution in [0.4, 0.5) is 11.4 Å². The second-order valence-corrected chi connectivity index (χ2v) is 7.00. The molecule has 1 heterocycles. The van der Waals surface area contributed by atoms with Crippen molar-refractivity contribution in [3.05, 3.63) is 70.3 Å². The number of nitro groups is 1. The summed E-state index contributed by atoms with van der Waals surface area (Å²) >= 11 is 0. The fourth-order valence-electron chi connectivity index (χ4n) is 3.31. The highest BCUT2D eigenvalue weighted by Crippen LogP contribution is 2.18. The molecule has 2 N–H and O–H groups in total. The van der Waals surface area contributed by atoms with Crippen LogP contribution in [0.15, 0.2) is 54.6 Å². The topological polar surface area (TPSA) is 105 Å². The van der Waals surface area contributed by atoms with E-state index in [1.165, 1.54) is 17.7 Å². The lowest BCUT2D eigenvalue weighted by molar-refractivity contribution is -0.384. The van der Waals surface area contributed by atoms with E-state index < -0.39 is 4.92 Å². The zero-order chi connectivity index (χ0) is 20.6. The van der Waals surface area contributed by atoms with Gasteiger partial charge in [0.2, 0.25) is 11.8 Å². The molecule has 1 fully saturated rings. The van der Waals surface area contributed by atoms with Gasteiger partial charge in [-0.3, -0.25) is 19.7 Å². The monoisotopic (exact) mass is 396 g/mol. The van der Waals surface area contributed by atoms with Gasteiger partial charge in [0.05, 0.1) is 10.8 Å². The molecule has 8 nitrogen and oxygen atoms in total. The van der Waals surface area contributed by atoms with Crippen molar-refractivity contribution in [2.24, 2.45) is 5.92 Å². The van der Waals surface area contributed by atoms with Crippen LogP contribution in [-0.4, -0.2) is 47.8 Å². The molecule has 1 saturated heterocycles. The second kappa shape index (κ2) is 9.68. The van der Waals surface area contributed by atoms with Gasteiger partial charge < -0.3 is 15.5 Å². The number of nitro benzene ring substituents is 1. The largest absolute Gasteiger partial charge is 0.383 e. The average molecular weight is 396 g/mol. The van der Waals surface area contributed by atoms with Crippen LogP contribution >= 0.6 is 0 Å². The molecule has 1 aliphatic heterocycles. The Morgan fingerprint density at radius 3 is 2.52 bits per heavy atom. The Hall–Kier alpha value is -3.42. The number of amides is 2. The van der Waals surface area contributed by atoms with E-state index in [1.807, 2.05) is 30.3 Å². The minimum absolute atomic E-state index is 0.0186. The molecule has 0 spiro atoms. The average Bonchev–Trinajstić information content (AvgIpc) is 3.11. The van der Waals surface area contributed by atoms with Crippen LogP contribution in [0.1, 0.15) is 12.0 Å². The van der Waals surface area contributed by atoms with E-state index in [1.54, 1.807) is 17.0 Å². The first-order valence-electron chi connectivity index (χ1n) is 9.60. The van der Waals surface area contributed by atoms with Gasteiger partial charge in [0, 0.05) is 50.4 Å². The number of anilines is 1. The van der Waals surface area contributed by atoms with E-state index >= 15 is 0 Å². The summed E-state index contributed by atoms with van der Waals surface area (Å²) in [5.41, 5.74) is 1.95. The van der Waals surface area contributed by atoms with E-state index in [-0.39, 0.29) is 29.8 Å². The molecule has 0 bridgehead atoms. The lowest BCUT2D eigenvalue weighted by Crippen LogP contribution is -2.35. The van der Waals surface area contributed by atoms with Crippen molar-refractivity contribution in [3.8, 4) is 0 Å². The van der Waals surface area contributed by atoms with Crippen molar-refractivity contribution >= 4 is 23.2 Å². The molecule has 3 rings (SSSR count). The van der Waals surface area contributed by atoms with Crippen LogP contribution < -0.4 is 10.6 Å². The van der Waals surface area contributed by atoms with Crippen LogP contribution in [-0.2, 0) is 16.0 Å². The molecule has 0 saturated carbocycles. The molecule has 2 amide bonds. The molecular formula is C21H24N4O4. The predicted octanol–water partition coefficient (Wildman–Crippen LogP) is 2.21. The summed E-state index contributed by atoms with van der Waals surface area (Å²) in [6.07, 6.45) is 1.02. The van der Waals surface area contributed by atoms with Crippen LogP contribution in [0, 0.1) is 16.0 Å². The number of benzene rings is 2. The third-order valence-electron chi connectivity index (χ3n) is 4.93. The van der Waals surface area contributed by atoms with Crippen molar-refractivity contribution in [3.63, 3.8) is 0 Å². The molecule has 2 aromatic rings. The normalized spacial score (nSPS) is 15.9. The highest BCUT2D eigenvalue weighted by atomic mass is 16.6. The number of carbonyl (C=O) groups is 2. The first-order chi connectivity index (χ1) is 14.0. The van der Waals surface area contributed by atoms with Gasteiger partial charge in [0.15, 0.2) is 0 Å². The Morgan fingerprint density at radius 2 is 1.83 bits per heavy atom. The summed E-state index contributed by atoms with van der Waals surface area (Å²) in [5.74, 6) is -0.422. The zero-order valence-electron chi connectivity index (χ0n) is 16.0. The third kappa shape index (κ3) is 5.78. The van der Waals surface area contributed by atoms with E-state index in [0.717, 1.165) is 12.1 Å². The summed E-state index contributed by atoms with van der Waals surface area (Å²) < 4.78 is 0. The maximum Gasteiger partial charge on any atom is 0.269 e. The van der Waals surface area contributed by atoms with Gasteiger partial charge >= 0.3 is 0 Å². The number of nitrogens with one attached hydrogen (secondary N) is 2. The van der Waals surface area contributed by atoms with Crippen molar-refractivity contribution < 1.29 is 14.5 Å². The smallest absolute Gasteiger partial charge is 0.269 e. The molecule has 1 unspecified atom stereocenters. The second-order valence-electron chi connectivity index (χ2n) is 7.00. The zero-order valence-corrected chi connectivity index (χ0v) is 16.0. The molecule has 8 heteroatoms. The summed E-state index contributed by atoms with van der Waals surface area (Å²) in [6.45, 7) is 1.97. The molecule has 0 aromatic heterocycles. The van der Waals surface area contributed by atoms with E-state index in [2.05, 4.69) is 10.6 Å². The highest BCUT2D eigenvalue weighted by molar-refractivity contribution is 5.89. The number of carbonyl (C=O) groups excluding carboxylic acids is 2. The van der Waals surface area contributed by atoms with Crippen molar-refractivity contribution in [1.82, 2.24) is 10.2 Å². The lowest BCUT2D eigenvalue weighted by atomic mass is 10.1. The summed E-state index contributed by atoms with van der Waals surface area (Å²) in [7, 11) is 0. The van der Waals surface area contributed by atoms with Gasteiger partial charge in [-0.15, -0.1) is 0 Å². The van der Waals surface area contributed by atoms with Crippen LogP contribution in [0.3, 0.4) is 0 Å². The number of non-ortho nitro benzene ring substituents is 1. The van der Waals surface area contributed by atoms with Crippen molar-refractivity contribution in [2.75, 3.05) is 31.5 Å². The first kappa shape index (κ1) is 20.3. The standard InChI is InChI=1S/C21H24N4O4/c26-20-14-17(15-24(20)13-10-16-4-2-1-3-5-16)21(27)23-12-11-22-18-6-8-19(9-7-18)25(28)29/h1-9,17,22H,10-15H2,(H,23,27). The number of hydrogen-bond donors (Lipinski definition) is 2. The Labute approximate surface area is 169 Å². The predicted molar refractivity (Wildman–Crippen MR) is 109 cm³/mol. The fourth-order valence-corrected chi connectivity index (χ4v) is 3.31. The van der Waals surface area contributed by atoms with Gasteiger partial charge in [0.1, 0.15) is 0 Å². The highest BCUT2D eigenvalue weighted by Gasteiger charge is 2.33. The van der Waals surface area contributed by atoms with Gasteiger partial charge in [-0.2, -0.15) is 0 Å². The molecule has 0 aliphatic carbocycles. The van der Waals surface area contributed by atoms with E-state index in [9.17, 15) is 19.7 Å². The number of likely N-dealkylation sites (tertiary alicyclic amines) is 1. The molecular weight excluding hydrogens is 372 g/mol. The minimum atomic E-state index is -0.448. The number of hydrogen-bond acceptors (Lipinski definition) is 5. The van der Waals surface area contributed by atoms with Crippen LogP contribution in [0.25, 0.3) is 0 Å². The summed E-state index contributed by atoms with van der Waals surface area (Å²) in [6, 6.07) is 16.1. The van der Waals surface area contributed by atoms with Crippen LogP contribution in [0.2, 0.25) is 0 Å². The maximum atomic E-state index is 12.3. The minimum Gasteiger partial charge on any atom is -0.383 e. The number of rotatable bonds is 9. The molecule has 2 aromatic carbocycles. The Morgan fingerprint density at radius 1 is 1.10 bits per heavy atom. The fraction of sp³-hybridized carbons (Fsp3) is 0.333. The molecule has 152 valence electrons. The van der Waals surface area contributed by atoms with E-state index in [0.29, 0.717) is 26.2 Å². The third-order valence-corrected chi connectivity index (χ3v) is 4.93. The maximum absolute atomic E-state index is 12.3. The molecule has 1 atom stereocenters. The quantitative estimate of drug-likeness (QED) is 0.384. The summed E-state index contributed by atoms with van der Waals surface area (Å²) in [4.78, 5) is 36.5. The van der Waals surface area contributed by atoms with E-state index in [4.69, 9.17) is 0 Å². The van der Waals surface area contributed by atoms with Crippen molar-refractivity contribution in [2.45, 2.75) is 12.8 Å². The Bertz CT molecular complexity index is 855. The van der Waals surface area contributed by atoms with Gasteiger partial charge in [-0.1, -0.05) is 30.3 Å². The SMILES string of the molecule is O=C(NCCNc1ccc([N+](=O)[O-])cc1)C1CC(=O)N(CCc2ccccc2)C1. The number of nitrogens with zero attached hydrogens (tertiary/aromatic N) is 2. The lowest BCUT2D eigenvalue weighted by Gasteiger charge is -2.16. The molecule has 1 aliphatic rings. The Kier molecular flexibility index (Phi) is 6.78. The Balaban J connectivity index is 1.37. The van der Waals surface area contributed by atoms with Crippen LogP contribution in [0.5, 0.6) is 0 Å². The molecule has 29 heavy (non-hydrogen) atoms. The van der Waals surface area contributed by atoms with Gasteiger partial charge in [-0.25, -0.2) is 0 Å². The molecule has 0 radical (unpaired) electrons. The summed E-state index contributed by atoms with van der Waals surface area (Å²) in [5, 5.41) is 16.6. The van der Waals surface area contributed by atoms with Gasteiger partial charge in [0.25, 0.3) is 5.69 Å².